The molecule has 2 heterocycles. The number of benzene rings is 3. The Balaban J connectivity index is 0.942. The van der Waals surface area contributed by atoms with Gasteiger partial charge in [0, 0.05) is 62.1 Å². The van der Waals surface area contributed by atoms with Gasteiger partial charge in [-0.25, -0.2) is 4.98 Å². The molecule has 4 aromatic rings. The fourth-order valence-electron chi connectivity index (χ4n) is 5.57. The SMILES string of the molecule is Cc1cc(/C=C/C(=O)N2CCN(Cc3ccc(CCOCC4CC4)cc3)CC2)cc(Cl)c1Oc1ccc(OCc2ccccc2Cl)cn1. The molecule has 9 heteroatoms. The van der Waals surface area contributed by atoms with Crippen LogP contribution in [0.4, 0.5) is 0 Å². The van der Waals surface area contributed by atoms with Crippen molar-refractivity contribution in [3.05, 3.63) is 123 Å². The maximum absolute atomic E-state index is 13.0. The fraction of sp³-hybridized carbons (Fsp3) is 0.333. The summed E-state index contributed by atoms with van der Waals surface area (Å²) in [6.07, 6.45) is 8.64. The van der Waals surface area contributed by atoms with Crippen molar-refractivity contribution in [3.8, 4) is 17.4 Å². The van der Waals surface area contributed by atoms with Crippen molar-refractivity contribution in [2.24, 2.45) is 5.92 Å². The Morgan fingerprint density at radius 3 is 2.42 bits per heavy atom. The smallest absolute Gasteiger partial charge is 0.246 e. The first-order valence-corrected chi connectivity index (χ1v) is 17.3. The number of aryl methyl sites for hydroxylation is 1. The zero-order chi connectivity index (χ0) is 33.3. The first kappa shape index (κ1) is 34.0. The predicted molar refractivity (Wildman–Crippen MR) is 191 cm³/mol. The van der Waals surface area contributed by atoms with Crippen LogP contribution in [0.1, 0.15) is 40.7 Å². The highest BCUT2D eigenvalue weighted by atomic mass is 35.5. The standard InChI is InChI=1S/C39H41Cl2N3O4/c1-28-22-32(23-36(41)39(28)48-37-14-13-34(24-42-37)47-27-33-4-2-3-5-35(33)40)12-15-38(45)44-19-17-43(18-20-44)25-30-8-6-29(7-9-30)16-21-46-26-31-10-11-31/h2-9,12-15,22-24,31H,10-11,16-21,25-27H2,1H3/b15-12+. The van der Waals surface area contributed by atoms with Crippen molar-refractivity contribution in [2.45, 2.75) is 39.3 Å². The van der Waals surface area contributed by atoms with Crippen molar-refractivity contribution in [1.82, 2.24) is 14.8 Å². The lowest BCUT2D eigenvalue weighted by Crippen LogP contribution is -2.47. The van der Waals surface area contributed by atoms with E-state index in [2.05, 4.69) is 34.1 Å². The molecule has 1 aliphatic carbocycles. The number of pyridine rings is 1. The summed E-state index contributed by atoms with van der Waals surface area (Å²) in [5.41, 5.74) is 5.16. The van der Waals surface area contributed by atoms with E-state index in [-0.39, 0.29) is 5.91 Å². The zero-order valence-electron chi connectivity index (χ0n) is 27.2. The summed E-state index contributed by atoms with van der Waals surface area (Å²) in [5.74, 6) is 2.31. The van der Waals surface area contributed by atoms with Gasteiger partial charge in [-0.05, 0) is 84.7 Å². The molecule has 3 aromatic carbocycles. The van der Waals surface area contributed by atoms with Gasteiger partial charge in [0.2, 0.25) is 11.8 Å². The minimum absolute atomic E-state index is 0.00180. The van der Waals surface area contributed by atoms with Gasteiger partial charge in [-0.3, -0.25) is 9.69 Å². The monoisotopic (exact) mass is 685 g/mol. The van der Waals surface area contributed by atoms with Crippen LogP contribution in [0.3, 0.4) is 0 Å². The summed E-state index contributed by atoms with van der Waals surface area (Å²) in [6.45, 7) is 7.93. The van der Waals surface area contributed by atoms with Gasteiger partial charge < -0.3 is 19.1 Å². The summed E-state index contributed by atoms with van der Waals surface area (Å²) in [6, 6.07) is 23.7. The third-order valence-electron chi connectivity index (χ3n) is 8.64. The lowest BCUT2D eigenvalue weighted by Gasteiger charge is -2.34. The lowest BCUT2D eigenvalue weighted by molar-refractivity contribution is -0.127. The Hall–Kier alpha value is -3.88. The van der Waals surface area contributed by atoms with Crippen molar-refractivity contribution < 1.29 is 19.0 Å². The highest BCUT2D eigenvalue weighted by molar-refractivity contribution is 6.32. The molecule has 0 radical (unpaired) electrons. The number of hydrogen-bond donors (Lipinski definition) is 0. The van der Waals surface area contributed by atoms with Crippen LogP contribution in [-0.2, 0) is 29.1 Å². The molecular formula is C39H41Cl2N3O4. The van der Waals surface area contributed by atoms with E-state index in [1.165, 1.54) is 24.0 Å². The fourth-order valence-corrected chi connectivity index (χ4v) is 6.07. The van der Waals surface area contributed by atoms with Crippen LogP contribution < -0.4 is 9.47 Å². The first-order valence-electron chi connectivity index (χ1n) is 16.5. The largest absolute Gasteiger partial charge is 0.487 e. The molecule has 2 aliphatic rings. The Kier molecular flexibility index (Phi) is 11.7. The van der Waals surface area contributed by atoms with Crippen molar-refractivity contribution in [2.75, 3.05) is 39.4 Å². The Bertz CT molecular complexity index is 1680. The molecule has 0 spiro atoms. The molecule has 0 N–H and O–H groups in total. The van der Waals surface area contributed by atoms with Crippen LogP contribution in [0.15, 0.2) is 85.1 Å². The molecule has 48 heavy (non-hydrogen) atoms. The van der Waals surface area contributed by atoms with E-state index in [0.717, 1.165) is 61.9 Å². The van der Waals surface area contributed by atoms with Crippen LogP contribution in [-0.4, -0.2) is 60.1 Å². The van der Waals surface area contributed by atoms with E-state index in [1.807, 2.05) is 42.2 Å². The molecule has 2 fully saturated rings. The van der Waals surface area contributed by atoms with Crippen molar-refractivity contribution in [3.63, 3.8) is 0 Å². The second-order valence-corrected chi connectivity index (χ2v) is 13.3. The number of aromatic nitrogens is 1. The van der Waals surface area contributed by atoms with Gasteiger partial charge in [0.15, 0.2) is 5.75 Å². The van der Waals surface area contributed by atoms with Gasteiger partial charge in [0.1, 0.15) is 12.4 Å². The highest BCUT2D eigenvalue weighted by Crippen LogP contribution is 2.34. The number of carbonyl (C=O) groups excluding carboxylic acids is 1. The van der Waals surface area contributed by atoms with Crippen LogP contribution in [0.25, 0.3) is 6.08 Å². The van der Waals surface area contributed by atoms with E-state index in [0.29, 0.717) is 47.1 Å². The highest BCUT2D eigenvalue weighted by Gasteiger charge is 2.21. The summed E-state index contributed by atoms with van der Waals surface area (Å²) >= 11 is 12.8. The minimum Gasteiger partial charge on any atom is -0.487 e. The van der Waals surface area contributed by atoms with Crippen LogP contribution in [0.2, 0.25) is 10.0 Å². The number of carbonyl (C=O) groups is 1. The van der Waals surface area contributed by atoms with Crippen molar-refractivity contribution in [1.29, 1.82) is 0 Å². The number of amides is 1. The van der Waals surface area contributed by atoms with Gasteiger partial charge in [-0.1, -0.05) is 65.7 Å². The number of hydrogen-bond acceptors (Lipinski definition) is 6. The Labute approximate surface area is 293 Å². The molecule has 0 bridgehead atoms. The maximum atomic E-state index is 13.0. The molecule has 1 aliphatic heterocycles. The summed E-state index contributed by atoms with van der Waals surface area (Å²) < 4.78 is 17.6. The number of nitrogens with zero attached hydrogens (tertiary/aromatic N) is 3. The summed E-state index contributed by atoms with van der Waals surface area (Å²) in [4.78, 5) is 21.7. The molecule has 0 unspecified atom stereocenters. The second kappa shape index (κ2) is 16.5. The number of ether oxygens (including phenoxy) is 3. The number of piperazine rings is 1. The Morgan fingerprint density at radius 2 is 1.71 bits per heavy atom. The van der Waals surface area contributed by atoms with E-state index in [9.17, 15) is 4.79 Å². The lowest BCUT2D eigenvalue weighted by atomic mass is 10.1. The Morgan fingerprint density at radius 1 is 0.938 bits per heavy atom. The summed E-state index contributed by atoms with van der Waals surface area (Å²) in [7, 11) is 0. The van der Waals surface area contributed by atoms with E-state index in [1.54, 1.807) is 36.5 Å². The topological polar surface area (TPSA) is 64.1 Å². The van der Waals surface area contributed by atoms with Crippen LogP contribution in [0, 0.1) is 12.8 Å². The third kappa shape index (κ3) is 9.83. The third-order valence-corrected chi connectivity index (χ3v) is 9.29. The quantitative estimate of drug-likeness (QED) is 0.0981. The number of halogens is 2. The minimum atomic E-state index is -0.00180. The average Bonchev–Trinajstić information content (AvgIpc) is 3.93. The molecule has 1 aromatic heterocycles. The van der Waals surface area contributed by atoms with Gasteiger partial charge in [-0.2, -0.15) is 0 Å². The van der Waals surface area contributed by atoms with Crippen LogP contribution in [0.5, 0.6) is 17.4 Å². The zero-order valence-corrected chi connectivity index (χ0v) is 28.8. The first-order chi connectivity index (χ1) is 23.4. The molecular weight excluding hydrogens is 645 g/mol. The normalized spacial score (nSPS) is 15.2. The van der Waals surface area contributed by atoms with Gasteiger partial charge in [-0.15, -0.1) is 0 Å². The average molecular weight is 687 g/mol. The number of rotatable bonds is 14. The molecule has 7 nitrogen and oxygen atoms in total. The van der Waals surface area contributed by atoms with E-state index in [4.69, 9.17) is 37.4 Å². The molecule has 250 valence electrons. The van der Waals surface area contributed by atoms with E-state index < -0.39 is 0 Å². The molecule has 6 rings (SSSR count). The molecule has 0 atom stereocenters. The van der Waals surface area contributed by atoms with Gasteiger partial charge >= 0.3 is 0 Å². The predicted octanol–water partition coefficient (Wildman–Crippen LogP) is 8.39. The van der Waals surface area contributed by atoms with Crippen molar-refractivity contribution >= 4 is 35.2 Å². The second-order valence-electron chi connectivity index (χ2n) is 12.5. The van der Waals surface area contributed by atoms with Gasteiger partial charge in [0.05, 0.1) is 17.8 Å². The molecule has 1 amide bonds. The van der Waals surface area contributed by atoms with Crippen LogP contribution >= 0.6 is 23.2 Å². The maximum Gasteiger partial charge on any atom is 0.246 e. The summed E-state index contributed by atoms with van der Waals surface area (Å²) in [5, 5.41) is 1.09. The van der Waals surface area contributed by atoms with E-state index >= 15 is 0 Å². The van der Waals surface area contributed by atoms with Gasteiger partial charge in [0.25, 0.3) is 0 Å². The molecule has 1 saturated heterocycles. The molecule has 1 saturated carbocycles.